The molecule has 17 nitrogen and oxygen atoms in total. The van der Waals surface area contributed by atoms with E-state index < -0.39 is 72.1 Å². The van der Waals surface area contributed by atoms with Gasteiger partial charge in [-0.15, -0.1) is 11.3 Å². The monoisotopic (exact) mass is 737 g/mol. The van der Waals surface area contributed by atoms with Crippen LogP contribution in [0.15, 0.2) is 41.5 Å². The molecule has 3 aromatic rings. The molecule has 0 fully saturated rings. The number of rotatable bonds is 4. The predicted octanol–water partition coefficient (Wildman–Crippen LogP) is 0.159. The van der Waals surface area contributed by atoms with E-state index >= 15 is 0 Å². The Labute approximate surface area is 303 Å². The summed E-state index contributed by atoms with van der Waals surface area (Å²) in [6.45, 7) is 5.36. The third-order valence-electron chi connectivity index (χ3n) is 8.26. The third-order valence-corrected chi connectivity index (χ3v) is 9.28. The van der Waals surface area contributed by atoms with Crippen molar-refractivity contribution in [2.24, 2.45) is 0 Å². The normalized spacial score (nSPS) is 22.8. The van der Waals surface area contributed by atoms with Gasteiger partial charge in [0.15, 0.2) is 0 Å². The average molecular weight is 738 g/mol. The maximum absolute atomic E-state index is 13.8. The lowest BCUT2D eigenvalue weighted by molar-refractivity contribution is -0.133. The lowest BCUT2D eigenvalue weighted by Crippen LogP contribution is -2.55. The number of nitrogens with zero attached hydrogens (tertiary/aromatic N) is 2. The van der Waals surface area contributed by atoms with E-state index in [4.69, 9.17) is 4.74 Å². The number of likely N-dealkylation sites (N-methyl/N-ethyl adjacent to an activating group) is 1. The minimum atomic E-state index is -1.19. The first-order chi connectivity index (χ1) is 24.8. The van der Waals surface area contributed by atoms with Crippen LogP contribution < -0.4 is 36.6 Å². The van der Waals surface area contributed by atoms with E-state index in [2.05, 4.69) is 41.9 Å². The third kappa shape index (κ3) is 9.51. The first-order valence-electron chi connectivity index (χ1n) is 16.5. The van der Waals surface area contributed by atoms with Gasteiger partial charge in [0.2, 0.25) is 29.5 Å². The highest BCUT2D eigenvalue weighted by atomic mass is 32.1. The Bertz CT molecular complexity index is 1890. The molecule has 278 valence electrons. The molecule has 1 aliphatic heterocycles. The summed E-state index contributed by atoms with van der Waals surface area (Å²) in [6.07, 6.45) is 3.22. The number of carbonyl (C=O) groups excluding carboxylic acids is 7. The number of benzene rings is 1. The Morgan fingerprint density at radius 3 is 2.37 bits per heavy atom. The number of thiazole rings is 1. The second kappa shape index (κ2) is 17.4. The number of allylic oxidation sites excluding steroid dienone is 1. The Morgan fingerprint density at radius 1 is 0.942 bits per heavy atom. The van der Waals surface area contributed by atoms with Crippen molar-refractivity contribution in [1.29, 1.82) is 0 Å². The number of H-pyrrole nitrogens is 1. The molecule has 1 aromatic carbocycles. The Hall–Kier alpha value is -5.78. The fraction of sp³-hybridized carbons (Fsp3) is 0.412. The Balaban J connectivity index is 1.64. The number of fused-ring (bicyclic) bond motifs is 3. The molecule has 18 heteroatoms. The van der Waals surface area contributed by atoms with Crippen molar-refractivity contribution in [1.82, 2.24) is 46.8 Å². The summed E-state index contributed by atoms with van der Waals surface area (Å²) in [6, 6.07) is 1.39. The van der Waals surface area contributed by atoms with Crippen LogP contribution in [0.3, 0.4) is 0 Å². The number of hydrogen-bond acceptors (Lipinski definition) is 10. The van der Waals surface area contributed by atoms with Crippen LogP contribution in [0.1, 0.15) is 61.2 Å². The minimum absolute atomic E-state index is 0.00296. The molecule has 7 amide bonds. The molecule has 52 heavy (non-hydrogen) atoms. The lowest BCUT2D eigenvalue weighted by Gasteiger charge is -2.23. The van der Waals surface area contributed by atoms with Crippen LogP contribution in [-0.2, 0) is 35.2 Å². The van der Waals surface area contributed by atoms with E-state index in [0.717, 1.165) is 21.8 Å². The van der Waals surface area contributed by atoms with Crippen LogP contribution in [0.2, 0.25) is 0 Å². The minimum Gasteiger partial charge on any atom is -0.496 e. The van der Waals surface area contributed by atoms with Gasteiger partial charge in [-0.25, -0.2) is 4.98 Å². The number of nitrogens with one attached hydrogen (secondary N) is 7. The van der Waals surface area contributed by atoms with Gasteiger partial charge in [0.1, 0.15) is 40.3 Å². The second-order valence-electron chi connectivity index (χ2n) is 12.1. The summed E-state index contributed by atoms with van der Waals surface area (Å²) < 4.78 is 5.54. The molecule has 2 aromatic heterocycles. The summed E-state index contributed by atoms with van der Waals surface area (Å²) in [5.41, 5.74) is 1.29. The maximum Gasteiger partial charge on any atom is 0.271 e. The summed E-state index contributed by atoms with van der Waals surface area (Å²) >= 11 is 1.12. The van der Waals surface area contributed by atoms with Crippen LogP contribution in [0.4, 0.5) is 0 Å². The molecule has 7 N–H and O–H groups in total. The summed E-state index contributed by atoms with van der Waals surface area (Å²) in [5, 5.41) is 18.1. The van der Waals surface area contributed by atoms with Crippen LogP contribution in [0.5, 0.6) is 5.75 Å². The van der Waals surface area contributed by atoms with Gasteiger partial charge >= 0.3 is 0 Å². The summed E-state index contributed by atoms with van der Waals surface area (Å²) in [5.74, 6) is -4.04. The molecule has 1 aliphatic rings. The Morgan fingerprint density at radius 2 is 1.67 bits per heavy atom. The van der Waals surface area contributed by atoms with Crippen molar-refractivity contribution in [3.05, 3.63) is 57.8 Å². The van der Waals surface area contributed by atoms with Gasteiger partial charge in [-0.3, -0.25) is 33.6 Å². The number of aromatic amines is 1. The van der Waals surface area contributed by atoms with E-state index in [-0.39, 0.29) is 30.8 Å². The van der Waals surface area contributed by atoms with Gasteiger partial charge < -0.3 is 46.5 Å². The number of amides is 7. The standard InChI is InChI=1S/C34H43N9O8S/c1-7-20-30(47)36-14-26(44)37-17(3)29(46)40-21(8-2)34(50)43(5)15-27(45)38-18(4)33-42-24(16-52-33)32(49)41-23(31(48)39-20)12-19-13-35-22-10-9-11-25(51-6)28(19)22/h8-11,13,16-18,20,23,35H,7,12,14-15H2,1-6H3,(H,36,47)(H,37,44)(H,38,45)(H,39,48)(H,40,46)(H,41,49)/b21-8-/t17-,18-,20-,23+/m1/s1. The first kappa shape index (κ1) is 39.0. The second-order valence-corrected chi connectivity index (χ2v) is 13.0. The molecule has 0 unspecified atom stereocenters. The van der Waals surface area contributed by atoms with Gasteiger partial charge in [-0.1, -0.05) is 19.1 Å². The molecule has 2 bridgehead atoms. The summed E-state index contributed by atoms with van der Waals surface area (Å²) in [7, 11) is 2.90. The van der Waals surface area contributed by atoms with E-state index in [9.17, 15) is 33.6 Å². The molecule has 3 heterocycles. The van der Waals surface area contributed by atoms with E-state index in [1.807, 2.05) is 12.1 Å². The highest BCUT2D eigenvalue weighted by Gasteiger charge is 2.30. The molecule has 0 aliphatic carbocycles. The molecular formula is C34H43N9O8S. The number of carbonyl (C=O) groups is 7. The van der Waals surface area contributed by atoms with Gasteiger partial charge in [0.25, 0.3) is 11.8 Å². The van der Waals surface area contributed by atoms with Gasteiger partial charge in [0, 0.05) is 35.9 Å². The zero-order chi connectivity index (χ0) is 38.1. The van der Waals surface area contributed by atoms with E-state index in [1.54, 1.807) is 26.1 Å². The average Bonchev–Trinajstić information content (AvgIpc) is 3.79. The molecule has 0 spiro atoms. The highest BCUT2D eigenvalue weighted by molar-refractivity contribution is 7.09. The topological polar surface area (TPSA) is 233 Å². The number of methoxy groups -OCH3 is 1. The zero-order valence-electron chi connectivity index (χ0n) is 29.7. The Kier molecular flexibility index (Phi) is 13.1. The lowest BCUT2D eigenvalue weighted by atomic mass is 10.0. The number of aromatic nitrogens is 2. The van der Waals surface area contributed by atoms with Gasteiger partial charge in [0.05, 0.1) is 26.2 Å². The molecule has 0 saturated carbocycles. The van der Waals surface area contributed by atoms with Crippen molar-refractivity contribution in [3.8, 4) is 5.75 Å². The molecule has 4 atom stereocenters. The quantitative estimate of drug-likeness (QED) is 0.181. The zero-order valence-corrected chi connectivity index (χ0v) is 30.5. The van der Waals surface area contributed by atoms with Crippen LogP contribution in [0.25, 0.3) is 10.9 Å². The van der Waals surface area contributed by atoms with Crippen LogP contribution >= 0.6 is 11.3 Å². The van der Waals surface area contributed by atoms with E-state index in [0.29, 0.717) is 21.7 Å². The smallest absolute Gasteiger partial charge is 0.271 e. The van der Waals surface area contributed by atoms with Crippen molar-refractivity contribution in [2.45, 2.75) is 64.7 Å². The van der Waals surface area contributed by atoms with Gasteiger partial charge in [-0.05, 0) is 44.9 Å². The number of ether oxygens (including phenoxy) is 1. The maximum atomic E-state index is 13.8. The van der Waals surface area contributed by atoms with Crippen molar-refractivity contribution < 1.29 is 38.3 Å². The van der Waals surface area contributed by atoms with Crippen molar-refractivity contribution in [3.63, 3.8) is 0 Å². The fourth-order valence-corrected chi connectivity index (χ4v) is 6.21. The van der Waals surface area contributed by atoms with Crippen molar-refractivity contribution in [2.75, 3.05) is 27.2 Å². The summed E-state index contributed by atoms with van der Waals surface area (Å²) in [4.78, 5) is 101. The van der Waals surface area contributed by atoms with Crippen molar-refractivity contribution >= 4 is 63.6 Å². The largest absolute Gasteiger partial charge is 0.496 e. The van der Waals surface area contributed by atoms with Gasteiger partial charge in [-0.2, -0.15) is 0 Å². The van der Waals surface area contributed by atoms with E-state index in [1.165, 1.54) is 39.5 Å². The molecule has 0 radical (unpaired) electrons. The SMILES string of the molecule is C/C=C1\NC(=O)[C@@H](C)NC(=O)CNC(=O)[C@@H](CC)NC(=O)[C@H](Cc2c[nH]c3cccc(OC)c23)NC(=O)c2csc(n2)[C@@H](C)NC(=O)CN(C)C1=O. The highest BCUT2D eigenvalue weighted by Crippen LogP contribution is 2.29. The first-order valence-corrected chi connectivity index (χ1v) is 17.4. The van der Waals surface area contributed by atoms with Crippen LogP contribution in [-0.4, -0.2) is 102 Å². The number of hydrogen-bond donors (Lipinski definition) is 7. The molecular weight excluding hydrogens is 694 g/mol. The molecule has 0 saturated heterocycles. The van der Waals surface area contributed by atoms with Crippen LogP contribution in [0, 0.1) is 0 Å². The predicted molar refractivity (Wildman–Crippen MR) is 191 cm³/mol. The fourth-order valence-electron chi connectivity index (χ4n) is 5.41. The molecule has 4 rings (SSSR count).